The molecule has 0 amide bonds. The van der Waals surface area contributed by atoms with Gasteiger partial charge >= 0.3 is 5.97 Å². The Labute approximate surface area is 188 Å². The number of carbonyl (C=O) groups excluding carboxylic acids is 2. The van der Waals surface area contributed by atoms with Crippen LogP contribution in [-0.4, -0.2) is 52.5 Å². The molecule has 1 aliphatic heterocycles. The zero-order valence-corrected chi connectivity index (χ0v) is 18.9. The van der Waals surface area contributed by atoms with Gasteiger partial charge in [-0.15, -0.1) is 0 Å². The number of Topliss-reactive ketones (excluding diaryl/α,β-unsaturated/α-hetero) is 1. The van der Waals surface area contributed by atoms with Crippen LogP contribution in [0.4, 0.5) is 0 Å². The molecule has 1 heterocycles. The summed E-state index contributed by atoms with van der Waals surface area (Å²) >= 11 is 0. The summed E-state index contributed by atoms with van der Waals surface area (Å²) in [5.41, 5.74) is -0.405. The predicted octanol–water partition coefficient (Wildman–Crippen LogP) is 3.06. The molecule has 7 atom stereocenters. The summed E-state index contributed by atoms with van der Waals surface area (Å²) in [5, 5.41) is 23.5. The van der Waals surface area contributed by atoms with Crippen LogP contribution in [-0.2, 0) is 14.3 Å². The minimum absolute atomic E-state index is 0.00518. The van der Waals surface area contributed by atoms with E-state index < -0.39 is 35.1 Å². The number of ether oxygens (including phenoxy) is 2. The highest BCUT2D eigenvalue weighted by atomic mass is 16.6. The summed E-state index contributed by atoms with van der Waals surface area (Å²) in [6.45, 7) is 6.13. The molecule has 4 aliphatic rings. The number of hydrogen-bond acceptors (Lipinski definition) is 6. The predicted molar refractivity (Wildman–Crippen MR) is 117 cm³/mol. The third-order valence-electron chi connectivity index (χ3n) is 8.77. The van der Waals surface area contributed by atoms with Gasteiger partial charge in [0.25, 0.3) is 0 Å². The topological polar surface area (TPSA) is 93.1 Å². The van der Waals surface area contributed by atoms with E-state index >= 15 is 0 Å². The maximum absolute atomic E-state index is 13.6. The molecule has 6 heteroatoms. The molecule has 6 unspecified atom stereocenters. The number of allylic oxidation sites excluding steroid dienone is 1. The van der Waals surface area contributed by atoms with Crippen molar-refractivity contribution >= 4 is 11.8 Å². The van der Waals surface area contributed by atoms with Crippen molar-refractivity contribution in [3.05, 3.63) is 47.0 Å². The van der Waals surface area contributed by atoms with E-state index in [2.05, 4.69) is 0 Å². The highest BCUT2D eigenvalue weighted by Crippen LogP contribution is 2.58. The Balaban J connectivity index is 1.65. The van der Waals surface area contributed by atoms with Gasteiger partial charge in [-0.3, -0.25) is 4.79 Å². The Hall–Kier alpha value is -2.02. The monoisotopic (exact) mass is 440 g/mol. The standard InChI is InChI=1S/C26H32O6/c1-14-11-12-26(30)23(32-24(29)15-7-5-4-6-8-15)19-16(9-10-18-17(19)13-31-18)21(27)22(28)20(14)25(26,2)3/h4-8,16-19,22-23,28,30H,9-13H2,1-3H3/t16?,17-,18?,19?,22?,23?,26?/m1/s1. The van der Waals surface area contributed by atoms with Crippen LogP contribution >= 0.6 is 0 Å². The largest absolute Gasteiger partial charge is 0.455 e. The molecule has 32 heavy (non-hydrogen) atoms. The van der Waals surface area contributed by atoms with E-state index in [0.29, 0.717) is 37.0 Å². The molecule has 1 aromatic carbocycles. The fraction of sp³-hybridized carbons (Fsp3) is 0.615. The summed E-state index contributed by atoms with van der Waals surface area (Å²) in [6.07, 6.45) is 0.142. The van der Waals surface area contributed by atoms with Crippen molar-refractivity contribution in [3.63, 3.8) is 0 Å². The van der Waals surface area contributed by atoms with Gasteiger partial charge in [0, 0.05) is 23.2 Å². The molecule has 2 N–H and O–H groups in total. The highest BCUT2D eigenvalue weighted by Gasteiger charge is 2.65. The number of rotatable bonds is 2. The van der Waals surface area contributed by atoms with Gasteiger partial charge in [-0.05, 0) is 50.3 Å². The Morgan fingerprint density at radius 3 is 2.56 bits per heavy atom. The Morgan fingerprint density at radius 2 is 1.91 bits per heavy atom. The molecule has 1 aromatic rings. The molecule has 6 nitrogen and oxygen atoms in total. The number of esters is 1. The van der Waals surface area contributed by atoms with E-state index in [1.54, 1.807) is 24.3 Å². The van der Waals surface area contributed by atoms with Crippen LogP contribution in [0.3, 0.4) is 0 Å². The van der Waals surface area contributed by atoms with Crippen LogP contribution in [0.5, 0.6) is 0 Å². The van der Waals surface area contributed by atoms with Crippen molar-refractivity contribution in [2.75, 3.05) is 6.61 Å². The normalized spacial score (nSPS) is 40.3. The highest BCUT2D eigenvalue weighted by molar-refractivity contribution is 5.91. The van der Waals surface area contributed by atoms with E-state index in [9.17, 15) is 19.8 Å². The molecule has 0 aromatic heterocycles. The number of ketones is 1. The summed E-state index contributed by atoms with van der Waals surface area (Å²) < 4.78 is 11.9. The zero-order chi connectivity index (χ0) is 22.8. The van der Waals surface area contributed by atoms with Crippen LogP contribution in [0.25, 0.3) is 0 Å². The van der Waals surface area contributed by atoms with Crippen molar-refractivity contribution in [2.24, 2.45) is 23.2 Å². The van der Waals surface area contributed by atoms with Gasteiger partial charge in [0.15, 0.2) is 5.78 Å². The molecule has 0 radical (unpaired) electrons. The lowest BCUT2D eigenvalue weighted by Crippen LogP contribution is -2.69. The molecule has 3 aliphatic carbocycles. The molecule has 0 spiro atoms. The number of carbonyl (C=O) groups is 2. The van der Waals surface area contributed by atoms with Crippen molar-refractivity contribution in [1.82, 2.24) is 0 Å². The summed E-state index contributed by atoms with van der Waals surface area (Å²) in [6, 6.07) is 8.77. The molecule has 5 rings (SSSR count). The Morgan fingerprint density at radius 1 is 1.19 bits per heavy atom. The smallest absolute Gasteiger partial charge is 0.338 e. The van der Waals surface area contributed by atoms with E-state index in [1.165, 1.54) is 0 Å². The first-order chi connectivity index (χ1) is 15.2. The van der Waals surface area contributed by atoms with Crippen LogP contribution < -0.4 is 0 Å². The maximum Gasteiger partial charge on any atom is 0.338 e. The molecular formula is C26H32O6. The van der Waals surface area contributed by atoms with Crippen LogP contribution in [0.15, 0.2) is 41.5 Å². The number of hydrogen-bond donors (Lipinski definition) is 2. The van der Waals surface area contributed by atoms with Crippen LogP contribution in [0, 0.1) is 23.2 Å². The minimum atomic E-state index is -1.41. The zero-order valence-electron chi connectivity index (χ0n) is 18.9. The molecule has 3 fully saturated rings. The first kappa shape index (κ1) is 21.8. The lowest BCUT2D eigenvalue weighted by Gasteiger charge is -2.60. The molecule has 2 saturated carbocycles. The lowest BCUT2D eigenvalue weighted by molar-refractivity contribution is -0.240. The second-order valence-electron chi connectivity index (χ2n) is 10.5. The lowest BCUT2D eigenvalue weighted by atomic mass is 9.50. The fourth-order valence-corrected chi connectivity index (χ4v) is 6.86. The van der Waals surface area contributed by atoms with Crippen molar-refractivity contribution in [3.8, 4) is 0 Å². The van der Waals surface area contributed by atoms with Crippen molar-refractivity contribution in [1.29, 1.82) is 0 Å². The van der Waals surface area contributed by atoms with Gasteiger partial charge in [0.05, 0.1) is 18.3 Å². The maximum atomic E-state index is 13.6. The Bertz CT molecular complexity index is 966. The second kappa shape index (κ2) is 7.51. The quantitative estimate of drug-likeness (QED) is 0.542. The average molecular weight is 441 g/mol. The molecule has 1 saturated heterocycles. The summed E-state index contributed by atoms with van der Waals surface area (Å²) in [4.78, 5) is 26.8. The van der Waals surface area contributed by atoms with Crippen molar-refractivity contribution < 1.29 is 29.3 Å². The number of aliphatic hydroxyl groups is 2. The van der Waals surface area contributed by atoms with E-state index in [4.69, 9.17) is 9.47 Å². The van der Waals surface area contributed by atoms with E-state index in [-0.39, 0.29) is 23.7 Å². The first-order valence-electron chi connectivity index (χ1n) is 11.7. The fourth-order valence-electron chi connectivity index (χ4n) is 6.86. The second-order valence-corrected chi connectivity index (χ2v) is 10.5. The number of benzene rings is 1. The summed E-state index contributed by atoms with van der Waals surface area (Å²) in [5.74, 6) is -1.56. The van der Waals surface area contributed by atoms with Gasteiger partial charge in [-0.1, -0.05) is 37.6 Å². The first-order valence-corrected chi connectivity index (χ1v) is 11.7. The van der Waals surface area contributed by atoms with Crippen LogP contribution in [0.1, 0.15) is 56.8 Å². The number of fused-ring (bicyclic) bond motifs is 5. The van der Waals surface area contributed by atoms with Gasteiger partial charge in [-0.25, -0.2) is 4.79 Å². The van der Waals surface area contributed by atoms with Gasteiger partial charge in [0.1, 0.15) is 17.8 Å². The molecule has 172 valence electrons. The van der Waals surface area contributed by atoms with E-state index in [0.717, 1.165) is 12.0 Å². The molecular weight excluding hydrogens is 408 g/mol. The third-order valence-corrected chi connectivity index (χ3v) is 8.77. The summed E-state index contributed by atoms with van der Waals surface area (Å²) in [7, 11) is 0. The van der Waals surface area contributed by atoms with Gasteiger partial charge < -0.3 is 19.7 Å². The van der Waals surface area contributed by atoms with Gasteiger partial charge in [-0.2, -0.15) is 0 Å². The Kier molecular flexibility index (Phi) is 5.11. The SMILES string of the molecule is CC1=C2C(O)C(=O)C3CCC4OC[C@H]4C3C(OC(=O)c3ccccc3)C(O)(CC1)C2(C)C. The molecule has 2 bridgehead atoms. The van der Waals surface area contributed by atoms with Crippen LogP contribution in [0.2, 0.25) is 0 Å². The minimum Gasteiger partial charge on any atom is -0.455 e. The van der Waals surface area contributed by atoms with Crippen molar-refractivity contribution in [2.45, 2.75) is 70.4 Å². The average Bonchev–Trinajstić information content (AvgIpc) is 2.74. The van der Waals surface area contributed by atoms with E-state index in [1.807, 2.05) is 26.8 Å². The third kappa shape index (κ3) is 2.96. The van der Waals surface area contributed by atoms with Gasteiger partial charge in [0.2, 0.25) is 0 Å². The number of aliphatic hydroxyl groups excluding tert-OH is 1.